The summed E-state index contributed by atoms with van der Waals surface area (Å²) < 4.78 is 1.72. The van der Waals surface area contributed by atoms with Crippen molar-refractivity contribution in [1.29, 1.82) is 0 Å². The Balaban J connectivity index is 2.03. The van der Waals surface area contributed by atoms with Gasteiger partial charge in [-0.05, 0) is 36.5 Å². The second-order valence-electron chi connectivity index (χ2n) is 4.67. The predicted octanol–water partition coefficient (Wildman–Crippen LogP) is 2.26. The fraction of sp³-hybridized carbons (Fsp3) is 0.417. The average molecular weight is 328 g/mol. The Morgan fingerprint density at radius 1 is 1.31 bits per heavy atom. The van der Waals surface area contributed by atoms with Gasteiger partial charge in [0, 0.05) is 12.0 Å². The fourth-order valence-electron chi connectivity index (χ4n) is 2.18. The topological polar surface area (TPSA) is 46.3 Å². The molecule has 0 unspecified atom stereocenters. The molecule has 1 aromatic carbocycles. The lowest BCUT2D eigenvalue weighted by molar-refractivity contribution is -0.117. The maximum Gasteiger partial charge on any atom is 0.236 e. The summed E-state index contributed by atoms with van der Waals surface area (Å²) in [5, 5.41) is 0. The van der Waals surface area contributed by atoms with Crippen molar-refractivity contribution in [2.75, 3.05) is 3.11 Å². The normalized spacial score (nSPS) is 21.9. The summed E-state index contributed by atoms with van der Waals surface area (Å²) in [5.41, 5.74) is 9.62. The summed E-state index contributed by atoms with van der Waals surface area (Å²) in [6.45, 7) is 0. The van der Waals surface area contributed by atoms with E-state index in [-0.39, 0.29) is 11.4 Å². The lowest BCUT2D eigenvalue weighted by Crippen LogP contribution is -2.27. The smallest absolute Gasteiger partial charge is 0.236 e. The van der Waals surface area contributed by atoms with Gasteiger partial charge in [0.2, 0.25) is 5.91 Å². The lowest BCUT2D eigenvalue weighted by atomic mass is 9.96. The molecule has 1 aromatic rings. The van der Waals surface area contributed by atoms with Gasteiger partial charge in [-0.3, -0.25) is 7.91 Å². The van der Waals surface area contributed by atoms with Crippen LogP contribution in [0.5, 0.6) is 0 Å². The van der Waals surface area contributed by atoms with E-state index in [2.05, 4.69) is 35.0 Å². The van der Waals surface area contributed by atoms with Gasteiger partial charge in [-0.25, -0.2) is 0 Å². The van der Waals surface area contributed by atoms with Crippen molar-refractivity contribution in [1.82, 2.24) is 0 Å². The van der Waals surface area contributed by atoms with E-state index < -0.39 is 0 Å². The molecule has 0 atom stereocenters. The molecule has 1 aliphatic carbocycles. The number of amides is 1. The van der Waals surface area contributed by atoms with Gasteiger partial charge in [-0.2, -0.15) is 0 Å². The van der Waals surface area contributed by atoms with Gasteiger partial charge >= 0.3 is 0 Å². The zero-order valence-electron chi connectivity index (χ0n) is 8.87. The molecule has 0 spiro atoms. The molecule has 84 valence electrons. The van der Waals surface area contributed by atoms with E-state index in [0.717, 1.165) is 24.9 Å². The van der Waals surface area contributed by atoms with Crippen LogP contribution in [0.4, 0.5) is 5.69 Å². The number of fused-ring (bicyclic) bond motifs is 1. The van der Waals surface area contributed by atoms with E-state index in [0.29, 0.717) is 6.42 Å². The maximum atomic E-state index is 11.5. The second-order valence-corrected chi connectivity index (χ2v) is 5.64. The molecular formula is C12H13IN2O. The van der Waals surface area contributed by atoms with Crippen LogP contribution in [-0.4, -0.2) is 5.91 Å². The summed E-state index contributed by atoms with van der Waals surface area (Å²) in [6, 6.07) is 6.28. The van der Waals surface area contributed by atoms with Crippen LogP contribution in [0.25, 0.3) is 0 Å². The molecular weight excluding hydrogens is 315 g/mol. The van der Waals surface area contributed by atoms with Gasteiger partial charge in [-0.15, -0.1) is 0 Å². The predicted molar refractivity (Wildman–Crippen MR) is 71.4 cm³/mol. The highest BCUT2D eigenvalue weighted by molar-refractivity contribution is 14.1. The van der Waals surface area contributed by atoms with Gasteiger partial charge < -0.3 is 5.73 Å². The van der Waals surface area contributed by atoms with Gasteiger partial charge in [0.15, 0.2) is 0 Å². The molecule has 4 heteroatoms. The number of nitrogens with zero attached hydrogens (tertiary/aromatic N) is 1. The Kier molecular flexibility index (Phi) is 2.26. The summed E-state index contributed by atoms with van der Waals surface area (Å²) in [5.74, 6) is 0.190. The third-order valence-electron chi connectivity index (χ3n) is 3.48. The van der Waals surface area contributed by atoms with Crippen molar-refractivity contribution in [2.45, 2.75) is 31.2 Å². The Morgan fingerprint density at radius 2 is 2.06 bits per heavy atom. The van der Waals surface area contributed by atoms with Crippen LogP contribution < -0.4 is 8.85 Å². The van der Waals surface area contributed by atoms with Crippen molar-refractivity contribution in [2.24, 2.45) is 5.73 Å². The number of rotatable bonds is 1. The van der Waals surface area contributed by atoms with Crippen LogP contribution in [0.2, 0.25) is 0 Å². The molecule has 0 bridgehead atoms. The molecule has 1 aliphatic heterocycles. The monoisotopic (exact) mass is 328 g/mol. The first-order chi connectivity index (χ1) is 7.60. The van der Waals surface area contributed by atoms with Crippen LogP contribution in [0, 0.1) is 0 Å². The number of halogens is 1. The highest BCUT2D eigenvalue weighted by Gasteiger charge is 2.40. The Hall–Kier alpha value is -0.620. The molecule has 1 saturated carbocycles. The minimum absolute atomic E-state index is 0.0768. The number of carbonyl (C=O) groups is 1. The maximum absolute atomic E-state index is 11.5. The van der Waals surface area contributed by atoms with Crippen LogP contribution in [0.1, 0.15) is 30.4 Å². The molecule has 0 radical (unpaired) electrons. The van der Waals surface area contributed by atoms with E-state index in [1.807, 2.05) is 6.07 Å². The first-order valence-corrected chi connectivity index (χ1v) is 6.48. The van der Waals surface area contributed by atoms with E-state index in [9.17, 15) is 4.79 Å². The van der Waals surface area contributed by atoms with Crippen LogP contribution in [0.3, 0.4) is 0 Å². The van der Waals surface area contributed by atoms with Crippen molar-refractivity contribution in [3.05, 3.63) is 29.3 Å². The number of benzene rings is 1. The lowest BCUT2D eigenvalue weighted by Gasteiger charge is -2.25. The van der Waals surface area contributed by atoms with Gasteiger partial charge in [0.05, 0.1) is 28.6 Å². The first kappa shape index (κ1) is 10.5. The van der Waals surface area contributed by atoms with E-state index in [4.69, 9.17) is 5.73 Å². The van der Waals surface area contributed by atoms with Crippen molar-refractivity contribution < 1.29 is 4.79 Å². The molecule has 16 heavy (non-hydrogen) atoms. The number of nitrogens with two attached hydrogens (primary N) is 1. The molecule has 3 rings (SSSR count). The van der Waals surface area contributed by atoms with E-state index in [1.54, 1.807) is 3.11 Å². The zero-order chi connectivity index (χ0) is 11.3. The number of anilines is 1. The Morgan fingerprint density at radius 3 is 2.75 bits per heavy atom. The third-order valence-corrected chi connectivity index (χ3v) is 4.54. The summed E-state index contributed by atoms with van der Waals surface area (Å²) in [6.07, 6.45) is 3.62. The van der Waals surface area contributed by atoms with E-state index in [1.165, 1.54) is 11.1 Å². The van der Waals surface area contributed by atoms with Crippen molar-refractivity contribution in [3.8, 4) is 0 Å². The minimum atomic E-state index is -0.0768. The van der Waals surface area contributed by atoms with E-state index >= 15 is 0 Å². The summed E-state index contributed by atoms with van der Waals surface area (Å²) in [4.78, 5) is 11.5. The largest absolute Gasteiger partial charge is 0.321 e. The molecule has 2 aliphatic rings. The van der Waals surface area contributed by atoms with Gasteiger partial charge in [0.1, 0.15) is 0 Å². The van der Waals surface area contributed by atoms with Crippen LogP contribution in [0.15, 0.2) is 18.2 Å². The molecule has 1 heterocycles. The first-order valence-electron chi connectivity index (χ1n) is 5.51. The third kappa shape index (κ3) is 1.55. The summed E-state index contributed by atoms with van der Waals surface area (Å²) >= 11 is 2.08. The van der Waals surface area contributed by atoms with Crippen molar-refractivity contribution in [3.63, 3.8) is 0 Å². The standard InChI is InChI=1S/C12H13IN2O/c13-15-10-3-2-9(12(14)5-6-12)7-8(10)1-4-11(15)16/h2-3,7H,1,4-6,14H2. The molecule has 0 aromatic heterocycles. The van der Waals surface area contributed by atoms with Crippen LogP contribution in [-0.2, 0) is 16.8 Å². The highest BCUT2D eigenvalue weighted by atomic mass is 127. The van der Waals surface area contributed by atoms with Gasteiger partial charge in [0.25, 0.3) is 0 Å². The van der Waals surface area contributed by atoms with Crippen molar-refractivity contribution >= 4 is 34.5 Å². The molecule has 0 saturated heterocycles. The Labute approximate surface area is 108 Å². The molecule has 1 fully saturated rings. The molecule has 1 amide bonds. The van der Waals surface area contributed by atoms with Gasteiger partial charge in [-0.1, -0.05) is 12.1 Å². The quantitative estimate of drug-likeness (QED) is 0.635. The molecule has 3 nitrogen and oxygen atoms in total. The van der Waals surface area contributed by atoms with Crippen LogP contribution >= 0.6 is 22.9 Å². The molecule has 2 N–H and O–H groups in total. The number of aryl methyl sites for hydroxylation is 1. The Bertz CT molecular complexity index is 468. The fourth-order valence-corrected chi connectivity index (χ4v) is 2.90. The second kappa shape index (κ2) is 3.43. The SMILES string of the molecule is NC1(c2ccc3c(c2)CCC(=O)N3I)CC1. The number of hydrogen-bond acceptors (Lipinski definition) is 2. The number of carbonyl (C=O) groups excluding carboxylic acids is 1. The summed E-state index contributed by atoms with van der Waals surface area (Å²) in [7, 11) is 0. The number of hydrogen-bond donors (Lipinski definition) is 1. The highest BCUT2D eigenvalue weighted by Crippen LogP contribution is 2.44. The zero-order valence-corrected chi connectivity index (χ0v) is 11.0. The minimum Gasteiger partial charge on any atom is -0.321 e. The average Bonchev–Trinajstić information content (AvgIpc) is 3.03.